The maximum Gasteiger partial charge on any atom is 0.317 e. The number of carbonyl (C=O) groups is 1. The van der Waals surface area contributed by atoms with Gasteiger partial charge in [0.1, 0.15) is 0 Å². The zero-order valence-corrected chi connectivity index (χ0v) is 10.5. The zero-order valence-electron chi connectivity index (χ0n) is 10.5. The Hall–Kier alpha value is -0.810. The quantitative estimate of drug-likeness (QED) is 0.622. The smallest absolute Gasteiger partial charge is 0.317 e. The summed E-state index contributed by atoms with van der Waals surface area (Å²) in [5.41, 5.74) is -0.137. The maximum absolute atomic E-state index is 11.2. The average molecular weight is 229 g/mol. The lowest BCUT2D eigenvalue weighted by molar-refractivity contribution is -0.00876. The molecule has 1 heterocycles. The molecule has 0 saturated carbocycles. The van der Waals surface area contributed by atoms with Crippen LogP contribution >= 0.6 is 0 Å². The molecule has 0 aromatic carbocycles. The van der Waals surface area contributed by atoms with Crippen molar-refractivity contribution in [1.29, 1.82) is 0 Å². The first kappa shape index (κ1) is 13.3. The van der Waals surface area contributed by atoms with Gasteiger partial charge in [0.25, 0.3) is 0 Å². The summed E-state index contributed by atoms with van der Waals surface area (Å²) in [4.78, 5) is 13.1. The molecule has 16 heavy (non-hydrogen) atoms. The minimum atomic E-state index is -0.137. The first-order valence-electron chi connectivity index (χ1n) is 5.92. The number of hydrogen-bond acceptors (Lipinski definition) is 3. The molecular formula is C11H23N3O2. The van der Waals surface area contributed by atoms with Crippen molar-refractivity contribution in [3.8, 4) is 0 Å². The van der Waals surface area contributed by atoms with Crippen molar-refractivity contribution in [2.24, 2.45) is 0 Å². The lowest BCUT2D eigenvalue weighted by Crippen LogP contribution is -2.41. The molecule has 0 aliphatic carbocycles. The van der Waals surface area contributed by atoms with Gasteiger partial charge < -0.3 is 20.3 Å². The number of ether oxygens (including phenoxy) is 1. The van der Waals surface area contributed by atoms with Gasteiger partial charge in [0.05, 0.1) is 5.60 Å². The number of amides is 2. The highest BCUT2D eigenvalue weighted by Gasteiger charge is 2.20. The highest BCUT2D eigenvalue weighted by atomic mass is 16.5. The standard InChI is InChI=1S/C11H23N3O2/c1-4-16-11(2,3)9-12-5-7-14-8-6-13-10(14)15/h12H,4-9H2,1-3H3,(H,13,15). The van der Waals surface area contributed by atoms with Gasteiger partial charge in [-0.2, -0.15) is 0 Å². The molecule has 1 rings (SSSR count). The molecule has 1 aliphatic heterocycles. The summed E-state index contributed by atoms with van der Waals surface area (Å²) in [6.45, 7) is 10.8. The van der Waals surface area contributed by atoms with Gasteiger partial charge >= 0.3 is 6.03 Å². The fourth-order valence-electron chi connectivity index (χ4n) is 1.77. The largest absolute Gasteiger partial charge is 0.375 e. The number of rotatable bonds is 7. The van der Waals surface area contributed by atoms with E-state index in [1.54, 1.807) is 0 Å². The van der Waals surface area contributed by atoms with E-state index in [1.165, 1.54) is 0 Å². The average Bonchev–Trinajstić information content (AvgIpc) is 2.59. The highest BCUT2D eigenvalue weighted by molar-refractivity contribution is 5.76. The predicted molar refractivity (Wildman–Crippen MR) is 63.5 cm³/mol. The van der Waals surface area contributed by atoms with Crippen LogP contribution in [0.3, 0.4) is 0 Å². The second-order valence-electron chi connectivity index (χ2n) is 4.59. The van der Waals surface area contributed by atoms with Crippen molar-refractivity contribution < 1.29 is 9.53 Å². The number of hydrogen-bond donors (Lipinski definition) is 2. The third-order valence-electron chi connectivity index (χ3n) is 2.59. The van der Waals surface area contributed by atoms with Crippen molar-refractivity contribution in [2.75, 3.05) is 39.3 Å². The fourth-order valence-corrected chi connectivity index (χ4v) is 1.77. The van der Waals surface area contributed by atoms with E-state index in [0.717, 1.165) is 39.3 Å². The minimum Gasteiger partial charge on any atom is -0.375 e. The van der Waals surface area contributed by atoms with E-state index in [4.69, 9.17) is 4.74 Å². The highest BCUT2D eigenvalue weighted by Crippen LogP contribution is 2.06. The molecule has 5 nitrogen and oxygen atoms in total. The van der Waals surface area contributed by atoms with Crippen molar-refractivity contribution in [3.63, 3.8) is 0 Å². The predicted octanol–water partition coefficient (Wildman–Crippen LogP) is 0.416. The van der Waals surface area contributed by atoms with Crippen LogP contribution in [0.25, 0.3) is 0 Å². The monoisotopic (exact) mass is 229 g/mol. The normalized spacial score (nSPS) is 16.7. The first-order valence-corrected chi connectivity index (χ1v) is 5.92. The summed E-state index contributed by atoms with van der Waals surface area (Å²) in [6, 6.07) is 0.0471. The van der Waals surface area contributed by atoms with Crippen molar-refractivity contribution in [1.82, 2.24) is 15.5 Å². The van der Waals surface area contributed by atoms with Crippen molar-refractivity contribution in [3.05, 3.63) is 0 Å². The van der Waals surface area contributed by atoms with Gasteiger partial charge in [-0.25, -0.2) is 4.79 Å². The van der Waals surface area contributed by atoms with Crippen LogP contribution in [0.2, 0.25) is 0 Å². The molecule has 1 aliphatic rings. The van der Waals surface area contributed by atoms with Crippen LogP contribution in [0.4, 0.5) is 4.79 Å². The molecule has 0 atom stereocenters. The third-order valence-corrected chi connectivity index (χ3v) is 2.59. The molecule has 0 radical (unpaired) electrons. The van der Waals surface area contributed by atoms with Crippen LogP contribution < -0.4 is 10.6 Å². The van der Waals surface area contributed by atoms with E-state index in [9.17, 15) is 4.79 Å². The minimum absolute atomic E-state index is 0.0471. The van der Waals surface area contributed by atoms with Crippen LogP contribution in [0.1, 0.15) is 20.8 Å². The first-order chi connectivity index (χ1) is 7.55. The summed E-state index contributed by atoms with van der Waals surface area (Å²) < 4.78 is 5.57. The summed E-state index contributed by atoms with van der Waals surface area (Å²) in [6.07, 6.45) is 0. The molecule has 2 N–H and O–H groups in total. The Morgan fingerprint density at radius 3 is 2.88 bits per heavy atom. The lowest BCUT2D eigenvalue weighted by Gasteiger charge is -2.25. The number of nitrogens with zero attached hydrogens (tertiary/aromatic N) is 1. The van der Waals surface area contributed by atoms with Gasteiger partial charge in [-0.15, -0.1) is 0 Å². The number of urea groups is 1. The topological polar surface area (TPSA) is 53.6 Å². The molecule has 1 fully saturated rings. The van der Waals surface area contributed by atoms with E-state index in [1.807, 2.05) is 11.8 Å². The zero-order chi connectivity index (χ0) is 12.0. The maximum atomic E-state index is 11.2. The molecule has 0 aromatic heterocycles. The van der Waals surface area contributed by atoms with Gasteiger partial charge in [-0.1, -0.05) is 0 Å². The number of carbonyl (C=O) groups excluding carboxylic acids is 1. The van der Waals surface area contributed by atoms with Crippen LogP contribution in [0, 0.1) is 0 Å². The molecule has 5 heteroatoms. The van der Waals surface area contributed by atoms with Gasteiger partial charge in [-0.3, -0.25) is 0 Å². The Morgan fingerprint density at radius 1 is 1.56 bits per heavy atom. The van der Waals surface area contributed by atoms with Crippen LogP contribution in [0.15, 0.2) is 0 Å². The molecule has 1 saturated heterocycles. The fraction of sp³-hybridized carbons (Fsp3) is 0.909. The Kier molecular flexibility index (Phi) is 5.02. The Labute approximate surface area is 97.5 Å². The van der Waals surface area contributed by atoms with Gasteiger partial charge in [0.2, 0.25) is 0 Å². The molecule has 94 valence electrons. The Balaban J connectivity index is 2.09. The summed E-state index contributed by atoms with van der Waals surface area (Å²) in [5, 5.41) is 6.09. The van der Waals surface area contributed by atoms with Gasteiger partial charge in [-0.05, 0) is 20.8 Å². The lowest BCUT2D eigenvalue weighted by atomic mass is 10.1. The number of nitrogens with one attached hydrogen (secondary N) is 2. The van der Waals surface area contributed by atoms with E-state index < -0.39 is 0 Å². The second kappa shape index (κ2) is 6.06. The van der Waals surface area contributed by atoms with E-state index in [0.29, 0.717) is 0 Å². The molecule has 2 amide bonds. The molecular weight excluding hydrogens is 206 g/mol. The molecule has 0 spiro atoms. The van der Waals surface area contributed by atoms with E-state index >= 15 is 0 Å². The molecule has 0 bridgehead atoms. The van der Waals surface area contributed by atoms with Crippen LogP contribution in [0.5, 0.6) is 0 Å². The summed E-state index contributed by atoms with van der Waals surface area (Å²) in [5.74, 6) is 0. The second-order valence-corrected chi connectivity index (χ2v) is 4.59. The van der Waals surface area contributed by atoms with E-state index in [2.05, 4.69) is 24.5 Å². The summed E-state index contributed by atoms with van der Waals surface area (Å²) >= 11 is 0. The Morgan fingerprint density at radius 2 is 2.31 bits per heavy atom. The van der Waals surface area contributed by atoms with Crippen LogP contribution in [-0.4, -0.2) is 55.9 Å². The SMILES string of the molecule is CCOC(C)(C)CNCCN1CCNC1=O. The van der Waals surface area contributed by atoms with Crippen LogP contribution in [-0.2, 0) is 4.74 Å². The summed E-state index contributed by atoms with van der Waals surface area (Å²) in [7, 11) is 0. The molecule has 0 aromatic rings. The Bertz CT molecular complexity index is 231. The molecule has 0 unspecified atom stereocenters. The van der Waals surface area contributed by atoms with Crippen molar-refractivity contribution >= 4 is 6.03 Å². The third kappa shape index (κ3) is 4.37. The van der Waals surface area contributed by atoms with Gasteiger partial charge in [0.15, 0.2) is 0 Å². The van der Waals surface area contributed by atoms with E-state index in [-0.39, 0.29) is 11.6 Å². The van der Waals surface area contributed by atoms with Gasteiger partial charge in [0, 0.05) is 39.3 Å². The van der Waals surface area contributed by atoms with Crippen molar-refractivity contribution in [2.45, 2.75) is 26.4 Å².